The molecule has 1 aliphatic heterocycles. The molecule has 4 heteroatoms. The van der Waals surface area contributed by atoms with Crippen molar-refractivity contribution in [2.24, 2.45) is 0 Å². The zero-order valence-electron chi connectivity index (χ0n) is 19.4. The number of hydrogen-bond donors (Lipinski definition) is 0. The highest BCUT2D eigenvalue weighted by molar-refractivity contribution is 6.07. The molecule has 0 atom stereocenters. The summed E-state index contributed by atoms with van der Waals surface area (Å²) in [5.74, 6) is 1.57. The van der Waals surface area contributed by atoms with Gasteiger partial charge in [0.25, 0.3) is 0 Å². The van der Waals surface area contributed by atoms with Crippen LogP contribution in [-0.2, 0) is 6.61 Å². The quantitative estimate of drug-likeness (QED) is 0.297. The lowest BCUT2D eigenvalue weighted by Crippen LogP contribution is -2.29. The monoisotopic (exact) mass is 441 g/mol. The van der Waals surface area contributed by atoms with E-state index in [4.69, 9.17) is 9.47 Å². The highest BCUT2D eigenvalue weighted by Crippen LogP contribution is 2.24. The van der Waals surface area contributed by atoms with Crippen LogP contribution in [0.3, 0.4) is 0 Å². The number of nitrogens with zero attached hydrogens (tertiary/aromatic N) is 1. The second-order valence-electron chi connectivity index (χ2n) is 8.47. The summed E-state index contributed by atoms with van der Waals surface area (Å²) < 4.78 is 11.4. The fourth-order valence-corrected chi connectivity index (χ4v) is 4.07. The molecule has 1 saturated heterocycles. The number of ketones is 1. The Balaban J connectivity index is 1.41. The van der Waals surface area contributed by atoms with Gasteiger partial charge in [-0.2, -0.15) is 0 Å². The van der Waals surface area contributed by atoms with Gasteiger partial charge in [-0.1, -0.05) is 29.8 Å². The van der Waals surface area contributed by atoms with Gasteiger partial charge in [0.1, 0.15) is 18.1 Å². The molecule has 0 bridgehead atoms. The zero-order chi connectivity index (χ0) is 23.0. The number of anilines is 1. The highest BCUT2D eigenvalue weighted by Gasteiger charge is 2.11. The minimum absolute atomic E-state index is 0.00605. The molecule has 0 aromatic heterocycles. The van der Waals surface area contributed by atoms with Gasteiger partial charge in [0.15, 0.2) is 5.78 Å². The first-order valence-electron chi connectivity index (χ1n) is 11.6. The van der Waals surface area contributed by atoms with Crippen molar-refractivity contribution in [3.8, 4) is 11.5 Å². The minimum atomic E-state index is -0.00605. The summed E-state index contributed by atoms with van der Waals surface area (Å²) >= 11 is 0. The molecule has 0 amide bonds. The molecule has 4 rings (SSSR count). The molecule has 3 aromatic carbocycles. The number of benzene rings is 3. The molecular formula is C29H31NO3. The molecule has 33 heavy (non-hydrogen) atoms. The molecule has 1 fully saturated rings. The van der Waals surface area contributed by atoms with E-state index in [2.05, 4.69) is 17.0 Å². The summed E-state index contributed by atoms with van der Waals surface area (Å²) in [6.07, 6.45) is 7.26. The summed E-state index contributed by atoms with van der Waals surface area (Å²) in [6.45, 7) is 4.63. The van der Waals surface area contributed by atoms with E-state index in [1.165, 1.54) is 30.5 Å². The van der Waals surface area contributed by atoms with Crippen LogP contribution in [0.2, 0.25) is 0 Å². The summed E-state index contributed by atoms with van der Waals surface area (Å²) in [5, 5.41) is 0. The zero-order valence-corrected chi connectivity index (χ0v) is 19.4. The van der Waals surface area contributed by atoms with E-state index in [1.807, 2.05) is 67.6 Å². The number of rotatable bonds is 8. The van der Waals surface area contributed by atoms with Crippen LogP contribution < -0.4 is 14.4 Å². The molecule has 0 aliphatic carbocycles. The Labute approximate surface area is 196 Å². The second kappa shape index (κ2) is 10.9. The molecule has 0 unspecified atom stereocenters. The minimum Gasteiger partial charge on any atom is -0.496 e. The maximum atomic E-state index is 12.7. The number of carbonyl (C=O) groups is 1. The van der Waals surface area contributed by atoms with Crippen molar-refractivity contribution in [3.05, 3.63) is 95.1 Å². The van der Waals surface area contributed by atoms with Gasteiger partial charge in [-0.25, -0.2) is 0 Å². The molecule has 170 valence electrons. The van der Waals surface area contributed by atoms with Gasteiger partial charge < -0.3 is 14.4 Å². The number of carbonyl (C=O) groups excluding carboxylic acids is 1. The van der Waals surface area contributed by atoms with Gasteiger partial charge in [0, 0.05) is 29.9 Å². The lowest BCUT2D eigenvalue weighted by molar-refractivity contribution is 0.104. The Kier molecular flexibility index (Phi) is 7.46. The predicted molar refractivity (Wildman–Crippen MR) is 134 cm³/mol. The first-order valence-corrected chi connectivity index (χ1v) is 11.6. The number of piperidine rings is 1. The average molecular weight is 442 g/mol. The largest absolute Gasteiger partial charge is 0.496 e. The predicted octanol–water partition coefficient (Wildman–Crippen LogP) is 6.47. The second-order valence-corrected chi connectivity index (χ2v) is 8.47. The summed E-state index contributed by atoms with van der Waals surface area (Å²) in [5.41, 5.74) is 4.94. The Hall–Kier alpha value is -3.53. The van der Waals surface area contributed by atoms with Crippen LogP contribution in [0.1, 0.15) is 46.3 Å². The standard InChI is InChI=1S/C29H31NO3/c1-22-6-14-27(15-7-22)33-21-25-20-23(9-17-29(25)32-2)8-16-28(31)24-10-12-26(13-11-24)30-18-4-3-5-19-30/h6-17,20H,3-5,18-19,21H2,1-2H3/b16-8+. The summed E-state index contributed by atoms with van der Waals surface area (Å²) in [4.78, 5) is 15.1. The first kappa shape index (κ1) is 22.7. The van der Waals surface area contributed by atoms with Crippen LogP contribution >= 0.6 is 0 Å². The third-order valence-electron chi connectivity index (χ3n) is 6.02. The first-order chi connectivity index (χ1) is 16.1. The van der Waals surface area contributed by atoms with Crippen LogP contribution in [0.5, 0.6) is 11.5 Å². The van der Waals surface area contributed by atoms with E-state index in [1.54, 1.807) is 13.2 Å². The van der Waals surface area contributed by atoms with E-state index in [9.17, 15) is 4.79 Å². The topological polar surface area (TPSA) is 38.8 Å². The fraction of sp³-hybridized carbons (Fsp3) is 0.276. The number of methoxy groups -OCH3 is 1. The molecule has 1 heterocycles. The molecule has 0 spiro atoms. The molecule has 1 aliphatic rings. The lowest BCUT2D eigenvalue weighted by atomic mass is 10.1. The van der Waals surface area contributed by atoms with E-state index in [0.29, 0.717) is 12.2 Å². The van der Waals surface area contributed by atoms with Crippen molar-refractivity contribution in [2.75, 3.05) is 25.1 Å². The normalized spacial score (nSPS) is 13.8. The van der Waals surface area contributed by atoms with Crippen LogP contribution in [0, 0.1) is 6.92 Å². The Morgan fingerprint density at radius 3 is 2.36 bits per heavy atom. The highest BCUT2D eigenvalue weighted by atomic mass is 16.5. The number of ether oxygens (including phenoxy) is 2. The fourth-order valence-electron chi connectivity index (χ4n) is 4.07. The van der Waals surface area contributed by atoms with Gasteiger partial charge in [-0.05, 0) is 86.4 Å². The van der Waals surface area contributed by atoms with Crippen molar-refractivity contribution < 1.29 is 14.3 Å². The SMILES string of the molecule is COc1ccc(/C=C/C(=O)c2ccc(N3CCCCC3)cc2)cc1COc1ccc(C)cc1. The maximum absolute atomic E-state index is 12.7. The molecule has 0 radical (unpaired) electrons. The van der Waals surface area contributed by atoms with Gasteiger partial charge in [0.2, 0.25) is 0 Å². The van der Waals surface area contributed by atoms with Gasteiger partial charge in [-0.15, -0.1) is 0 Å². The molecule has 0 N–H and O–H groups in total. The third-order valence-corrected chi connectivity index (χ3v) is 6.02. The lowest BCUT2D eigenvalue weighted by Gasteiger charge is -2.28. The van der Waals surface area contributed by atoms with Gasteiger partial charge in [-0.3, -0.25) is 4.79 Å². The average Bonchev–Trinajstić information content (AvgIpc) is 2.87. The van der Waals surface area contributed by atoms with Crippen molar-refractivity contribution in [1.82, 2.24) is 0 Å². The van der Waals surface area contributed by atoms with E-state index in [-0.39, 0.29) is 5.78 Å². The van der Waals surface area contributed by atoms with E-state index >= 15 is 0 Å². The van der Waals surface area contributed by atoms with Gasteiger partial charge in [0.05, 0.1) is 7.11 Å². The van der Waals surface area contributed by atoms with Crippen LogP contribution in [-0.4, -0.2) is 26.0 Å². The Morgan fingerprint density at radius 2 is 1.67 bits per heavy atom. The summed E-state index contributed by atoms with van der Waals surface area (Å²) in [6, 6.07) is 21.8. The van der Waals surface area contributed by atoms with Crippen molar-refractivity contribution in [1.29, 1.82) is 0 Å². The van der Waals surface area contributed by atoms with Crippen LogP contribution in [0.25, 0.3) is 6.08 Å². The maximum Gasteiger partial charge on any atom is 0.185 e. The smallest absolute Gasteiger partial charge is 0.185 e. The van der Waals surface area contributed by atoms with Crippen LogP contribution in [0.15, 0.2) is 72.8 Å². The molecule has 0 saturated carbocycles. The van der Waals surface area contributed by atoms with E-state index in [0.717, 1.165) is 35.7 Å². The van der Waals surface area contributed by atoms with Gasteiger partial charge >= 0.3 is 0 Å². The van der Waals surface area contributed by atoms with Crippen molar-refractivity contribution in [3.63, 3.8) is 0 Å². The Bertz CT molecular complexity index is 1090. The third kappa shape index (κ3) is 6.04. The number of aryl methyl sites for hydroxylation is 1. The van der Waals surface area contributed by atoms with E-state index < -0.39 is 0 Å². The Morgan fingerprint density at radius 1 is 0.939 bits per heavy atom. The van der Waals surface area contributed by atoms with Crippen molar-refractivity contribution >= 4 is 17.5 Å². The summed E-state index contributed by atoms with van der Waals surface area (Å²) in [7, 11) is 1.65. The molecule has 3 aromatic rings. The molecular weight excluding hydrogens is 410 g/mol. The number of hydrogen-bond acceptors (Lipinski definition) is 4. The molecule has 4 nitrogen and oxygen atoms in total. The number of allylic oxidation sites excluding steroid dienone is 1. The van der Waals surface area contributed by atoms with Crippen LogP contribution in [0.4, 0.5) is 5.69 Å². The van der Waals surface area contributed by atoms with Crippen molar-refractivity contribution in [2.45, 2.75) is 32.8 Å².